The number of aromatic nitrogens is 2. The van der Waals surface area contributed by atoms with Gasteiger partial charge in [-0.3, -0.25) is 9.48 Å². The number of fused-ring (bicyclic) bond motifs is 1. The quantitative estimate of drug-likeness (QED) is 0.659. The number of hydrogen-bond donors (Lipinski definition) is 1. The largest absolute Gasteiger partial charge is 0.459 e. The molecule has 1 unspecified atom stereocenters. The molecule has 1 atom stereocenters. The van der Waals surface area contributed by atoms with Crippen molar-refractivity contribution < 1.29 is 9.21 Å². The average molecular weight is 349 g/mol. The molecule has 1 aromatic carbocycles. The third-order valence-corrected chi connectivity index (χ3v) is 4.37. The summed E-state index contributed by atoms with van der Waals surface area (Å²) >= 11 is 0. The Morgan fingerprint density at radius 3 is 2.96 bits per heavy atom. The summed E-state index contributed by atoms with van der Waals surface area (Å²) in [6, 6.07) is 9.35. The molecule has 26 heavy (non-hydrogen) atoms. The predicted octanol–water partition coefficient (Wildman–Crippen LogP) is 4.64. The predicted molar refractivity (Wildman–Crippen MR) is 103 cm³/mol. The van der Waals surface area contributed by atoms with Crippen molar-refractivity contribution in [2.45, 2.75) is 33.4 Å². The third kappa shape index (κ3) is 3.94. The van der Waals surface area contributed by atoms with Gasteiger partial charge < -0.3 is 9.73 Å². The van der Waals surface area contributed by atoms with Gasteiger partial charge in [0.05, 0.1) is 30.6 Å². The lowest BCUT2D eigenvalue weighted by Gasteiger charge is -2.13. The zero-order valence-corrected chi connectivity index (χ0v) is 15.3. The Labute approximate surface area is 153 Å². The van der Waals surface area contributed by atoms with E-state index in [0.29, 0.717) is 5.76 Å². The van der Waals surface area contributed by atoms with Gasteiger partial charge in [0.2, 0.25) is 0 Å². The second-order valence-electron chi connectivity index (χ2n) is 6.25. The van der Waals surface area contributed by atoms with E-state index in [0.717, 1.165) is 23.0 Å². The zero-order chi connectivity index (χ0) is 18.5. The number of nitrogens with zero attached hydrogens (tertiary/aromatic N) is 2. The lowest BCUT2D eigenvalue weighted by atomic mass is 10.1. The van der Waals surface area contributed by atoms with Crippen LogP contribution >= 0.6 is 0 Å². The molecule has 5 nitrogen and oxygen atoms in total. The smallest absolute Gasteiger partial charge is 0.287 e. The summed E-state index contributed by atoms with van der Waals surface area (Å²) in [7, 11) is 0. The van der Waals surface area contributed by atoms with Crippen LogP contribution in [0.1, 0.15) is 42.9 Å². The first-order valence-electron chi connectivity index (χ1n) is 8.68. The molecule has 0 aliphatic heterocycles. The molecule has 0 fully saturated rings. The number of furan rings is 1. The molecule has 2 heterocycles. The maximum atomic E-state index is 12.1. The van der Waals surface area contributed by atoms with Crippen LogP contribution in [0.5, 0.6) is 0 Å². The van der Waals surface area contributed by atoms with Gasteiger partial charge in [-0.25, -0.2) is 0 Å². The van der Waals surface area contributed by atoms with E-state index in [1.165, 1.54) is 11.8 Å². The molecule has 0 spiro atoms. The van der Waals surface area contributed by atoms with E-state index in [1.54, 1.807) is 12.1 Å². The number of carbonyl (C=O) groups excluding carboxylic acids is 1. The number of hydrogen-bond acceptors (Lipinski definition) is 3. The number of allylic oxidation sites excluding steroid dienone is 4. The molecule has 0 saturated heterocycles. The lowest BCUT2D eigenvalue weighted by molar-refractivity contribution is 0.0912. The van der Waals surface area contributed by atoms with Crippen LogP contribution in [-0.4, -0.2) is 15.7 Å². The third-order valence-electron chi connectivity index (χ3n) is 4.37. The molecule has 0 aliphatic rings. The van der Waals surface area contributed by atoms with Crippen molar-refractivity contribution in [1.82, 2.24) is 15.1 Å². The fraction of sp³-hybridized carbons (Fsp3) is 0.238. The number of rotatable bonds is 6. The summed E-state index contributed by atoms with van der Waals surface area (Å²) in [4.78, 5) is 12.1. The van der Waals surface area contributed by atoms with Gasteiger partial charge in [0.15, 0.2) is 5.76 Å². The lowest BCUT2D eigenvalue weighted by Crippen LogP contribution is -2.26. The summed E-state index contributed by atoms with van der Waals surface area (Å²) in [5.41, 5.74) is 3.32. The first-order valence-corrected chi connectivity index (χ1v) is 8.68. The molecule has 3 rings (SSSR count). The van der Waals surface area contributed by atoms with Gasteiger partial charge in [-0.05, 0) is 50.6 Å². The molecular weight excluding hydrogens is 326 g/mol. The Kier molecular flexibility index (Phi) is 5.37. The van der Waals surface area contributed by atoms with E-state index >= 15 is 0 Å². The molecule has 1 amide bonds. The highest BCUT2D eigenvalue weighted by atomic mass is 16.3. The van der Waals surface area contributed by atoms with Crippen molar-refractivity contribution in [2.75, 3.05) is 0 Å². The second-order valence-corrected chi connectivity index (χ2v) is 6.25. The first-order chi connectivity index (χ1) is 12.6. The number of carbonyl (C=O) groups is 1. The molecule has 2 aromatic heterocycles. The summed E-state index contributed by atoms with van der Waals surface area (Å²) < 4.78 is 7.10. The van der Waals surface area contributed by atoms with Crippen LogP contribution in [0.2, 0.25) is 0 Å². The van der Waals surface area contributed by atoms with E-state index in [4.69, 9.17) is 4.42 Å². The molecular formula is C21H23N3O2. The van der Waals surface area contributed by atoms with E-state index in [1.807, 2.05) is 36.9 Å². The van der Waals surface area contributed by atoms with Gasteiger partial charge >= 0.3 is 0 Å². The van der Waals surface area contributed by atoms with E-state index < -0.39 is 0 Å². The SMILES string of the molecule is C/C=C(C)\C=C/Cn1ncc2cc(C(C)NC(=O)c3ccco3)ccc21. The number of amides is 1. The minimum absolute atomic E-state index is 0.127. The van der Waals surface area contributed by atoms with Gasteiger partial charge in [-0.2, -0.15) is 5.10 Å². The Balaban J connectivity index is 1.73. The van der Waals surface area contributed by atoms with Crippen molar-refractivity contribution in [3.8, 4) is 0 Å². The van der Waals surface area contributed by atoms with Crippen LogP contribution in [0.4, 0.5) is 0 Å². The van der Waals surface area contributed by atoms with Crippen molar-refractivity contribution in [1.29, 1.82) is 0 Å². The zero-order valence-electron chi connectivity index (χ0n) is 15.3. The van der Waals surface area contributed by atoms with E-state index in [-0.39, 0.29) is 11.9 Å². The summed E-state index contributed by atoms with van der Waals surface area (Å²) in [6.45, 7) is 6.77. The van der Waals surface area contributed by atoms with Crippen molar-refractivity contribution in [3.05, 3.63) is 77.9 Å². The van der Waals surface area contributed by atoms with Crippen LogP contribution in [0, 0.1) is 0 Å². The monoisotopic (exact) mass is 349 g/mol. The fourth-order valence-electron chi connectivity index (χ4n) is 2.71. The van der Waals surface area contributed by atoms with Gasteiger partial charge in [0.25, 0.3) is 5.91 Å². The van der Waals surface area contributed by atoms with Crippen LogP contribution in [0.3, 0.4) is 0 Å². The molecule has 0 saturated carbocycles. The topological polar surface area (TPSA) is 60.1 Å². The van der Waals surface area contributed by atoms with Crippen molar-refractivity contribution in [3.63, 3.8) is 0 Å². The van der Waals surface area contributed by atoms with Crippen LogP contribution in [0.25, 0.3) is 10.9 Å². The van der Waals surface area contributed by atoms with Gasteiger partial charge in [0.1, 0.15) is 0 Å². The van der Waals surface area contributed by atoms with Crippen LogP contribution in [-0.2, 0) is 6.54 Å². The Hall–Kier alpha value is -3.08. The summed E-state index contributed by atoms with van der Waals surface area (Å²) in [5.74, 6) is 0.0942. The fourth-order valence-corrected chi connectivity index (χ4v) is 2.71. The highest BCUT2D eigenvalue weighted by Gasteiger charge is 2.14. The molecule has 0 aliphatic carbocycles. The number of nitrogens with one attached hydrogen (secondary N) is 1. The molecule has 5 heteroatoms. The Bertz CT molecular complexity index is 949. The van der Waals surface area contributed by atoms with Gasteiger partial charge in [-0.1, -0.05) is 29.9 Å². The second kappa shape index (κ2) is 7.87. The molecule has 1 N–H and O–H groups in total. The van der Waals surface area contributed by atoms with Crippen molar-refractivity contribution in [2.24, 2.45) is 0 Å². The maximum Gasteiger partial charge on any atom is 0.287 e. The minimum atomic E-state index is -0.220. The number of benzene rings is 1. The summed E-state index contributed by atoms with van der Waals surface area (Å²) in [6.07, 6.45) is 9.61. The van der Waals surface area contributed by atoms with Crippen LogP contribution < -0.4 is 5.32 Å². The maximum absolute atomic E-state index is 12.1. The standard InChI is InChI=1S/C21H23N3O2/c1-4-15(2)7-5-11-24-19-10-9-17(13-18(19)14-22-24)16(3)23-21(25)20-8-6-12-26-20/h4-10,12-14,16H,11H2,1-3H3,(H,23,25)/b7-5-,15-4-. The highest BCUT2D eigenvalue weighted by Crippen LogP contribution is 2.21. The van der Waals surface area contributed by atoms with E-state index in [2.05, 4.69) is 41.6 Å². The Morgan fingerprint density at radius 1 is 1.38 bits per heavy atom. The van der Waals surface area contributed by atoms with Gasteiger partial charge in [0, 0.05) is 5.39 Å². The Morgan fingerprint density at radius 2 is 2.23 bits per heavy atom. The summed E-state index contributed by atoms with van der Waals surface area (Å²) in [5, 5.41) is 8.46. The van der Waals surface area contributed by atoms with Gasteiger partial charge in [-0.15, -0.1) is 0 Å². The highest BCUT2D eigenvalue weighted by molar-refractivity contribution is 5.91. The molecule has 0 radical (unpaired) electrons. The normalized spacial score (nSPS) is 13.4. The molecule has 0 bridgehead atoms. The average Bonchev–Trinajstić information content (AvgIpc) is 3.31. The van der Waals surface area contributed by atoms with Crippen molar-refractivity contribution >= 4 is 16.8 Å². The first kappa shape index (κ1) is 17.7. The molecule has 134 valence electrons. The van der Waals surface area contributed by atoms with E-state index in [9.17, 15) is 4.79 Å². The molecule has 3 aromatic rings. The minimum Gasteiger partial charge on any atom is -0.459 e. The van der Waals surface area contributed by atoms with Crippen LogP contribution in [0.15, 0.2) is 71.0 Å².